The lowest BCUT2D eigenvalue weighted by molar-refractivity contribution is -0.231. The van der Waals surface area contributed by atoms with Gasteiger partial charge in [0.25, 0.3) is 0 Å². The Morgan fingerprint density at radius 1 is 0.500 bits per heavy atom. The number of aromatic amines is 2. The molecule has 6 atom stereocenters. The van der Waals surface area contributed by atoms with E-state index < -0.39 is 95.5 Å². The molecule has 0 aliphatic carbocycles. The van der Waals surface area contributed by atoms with Gasteiger partial charge in [-0.15, -0.1) is 0 Å². The van der Waals surface area contributed by atoms with Gasteiger partial charge in [0.2, 0.25) is 0 Å². The van der Waals surface area contributed by atoms with E-state index in [1.54, 1.807) is 0 Å². The fraction of sp³-hybridized carbons (Fsp3) is 0.462. The van der Waals surface area contributed by atoms with E-state index in [2.05, 4.69) is 30.8 Å². The van der Waals surface area contributed by atoms with Gasteiger partial charge in [0.15, 0.2) is 12.6 Å². The number of ether oxygens (including phenoxy) is 4. The first-order chi connectivity index (χ1) is 37.4. The number of nitrogens with zero attached hydrogens (tertiary/aromatic N) is 8. The third-order valence-electron chi connectivity index (χ3n) is 12.9. The summed E-state index contributed by atoms with van der Waals surface area (Å²) in [6.45, 7) is 5.38. The number of halogens is 14. The summed E-state index contributed by atoms with van der Waals surface area (Å²) in [7, 11) is 7.49. The summed E-state index contributed by atoms with van der Waals surface area (Å²) in [5, 5.41) is 22.1. The van der Waals surface area contributed by atoms with Crippen molar-refractivity contribution in [2.45, 2.75) is 102 Å². The smallest absolute Gasteiger partial charge is 0.349 e. The molecule has 0 radical (unpaired) electrons. The van der Waals surface area contributed by atoms with Crippen LogP contribution in [0.4, 0.5) is 61.5 Å². The standard InChI is InChI=1S/2C26H28F7N5O2/c2*1-15(17-10-18(25(28,29)30)12-19(11-17)26(31,32)33)40-24-23(16-4-6-20(27)7-5-16)38(8-9-39-24)14-22-21(13-37(2)3)34-36-35-22/h2*4-7,10-12,15,23-24H,8-9,13-14H2,1-3H3,(H,34,35,36)/t2*15-,23+,24-/m11/s1. The van der Waals surface area contributed by atoms with E-state index in [1.165, 1.54) is 62.4 Å². The van der Waals surface area contributed by atoms with Crippen molar-refractivity contribution in [3.05, 3.63) is 164 Å². The van der Waals surface area contributed by atoms with E-state index in [4.69, 9.17) is 18.9 Å². The lowest BCUT2D eigenvalue weighted by Gasteiger charge is -2.42. The molecular formula is C52H56F14N10O4. The molecule has 4 heterocycles. The van der Waals surface area contributed by atoms with Crippen LogP contribution in [-0.2, 0) is 69.8 Å². The van der Waals surface area contributed by atoms with Gasteiger partial charge in [-0.2, -0.15) is 83.5 Å². The Hall–Kier alpha value is -6.14. The monoisotopic (exact) mass is 1150 g/mol. The number of rotatable bonds is 16. The Labute approximate surface area is 449 Å². The number of H-pyrrole nitrogens is 2. The van der Waals surface area contributed by atoms with Crippen LogP contribution in [0.3, 0.4) is 0 Å². The van der Waals surface area contributed by atoms with Crippen molar-refractivity contribution >= 4 is 0 Å². The molecule has 8 rings (SSSR count). The van der Waals surface area contributed by atoms with E-state index in [9.17, 15) is 61.5 Å². The van der Waals surface area contributed by atoms with Gasteiger partial charge < -0.3 is 28.7 Å². The second-order valence-electron chi connectivity index (χ2n) is 19.6. The molecule has 2 aliphatic rings. The highest BCUT2D eigenvalue weighted by molar-refractivity contribution is 5.36. The summed E-state index contributed by atoms with van der Waals surface area (Å²) in [6, 6.07) is 12.4. The van der Waals surface area contributed by atoms with E-state index in [0.717, 1.165) is 0 Å². The predicted molar refractivity (Wildman–Crippen MR) is 258 cm³/mol. The number of alkyl halides is 12. The Kier molecular flexibility index (Phi) is 19.5. The molecule has 80 heavy (non-hydrogen) atoms. The third kappa shape index (κ3) is 16.1. The molecule has 0 saturated carbocycles. The zero-order valence-electron chi connectivity index (χ0n) is 43.7. The van der Waals surface area contributed by atoms with Gasteiger partial charge in [0.05, 0.1) is 59.8 Å². The summed E-state index contributed by atoms with van der Waals surface area (Å²) < 4.78 is 212. The van der Waals surface area contributed by atoms with Crippen LogP contribution in [0.1, 0.15) is 105 Å². The maximum Gasteiger partial charge on any atom is 0.416 e. The van der Waals surface area contributed by atoms with Crippen molar-refractivity contribution in [2.75, 3.05) is 54.5 Å². The average Bonchev–Trinajstić information content (AvgIpc) is 4.01. The molecule has 2 aliphatic heterocycles. The SMILES string of the molecule is C[C@@H](O[C@H]1OCCN(Cc2n[nH]nc2CN(C)C)[C@H]1c1ccc(F)cc1)c1cc(C(F)(F)F)cc(C(F)(F)F)c1.C[C@@H](O[C@H]1OCCN(Cc2n[nH]nc2CN(C)C)[C@H]1c1ccc(F)cc1)c1cc(C(F)(F)F)cc(C(F)(F)F)c1. The van der Waals surface area contributed by atoms with E-state index in [0.29, 0.717) is 84.3 Å². The molecule has 2 aromatic heterocycles. The van der Waals surface area contributed by atoms with Crippen molar-refractivity contribution in [3.8, 4) is 0 Å². The molecular weight excluding hydrogens is 1090 g/mol. The van der Waals surface area contributed by atoms with Gasteiger partial charge in [-0.25, -0.2) is 8.78 Å². The minimum absolute atomic E-state index is 0.0691. The second kappa shape index (κ2) is 25.3. The summed E-state index contributed by atoms with van der Waals surface area (Å²) in [4.78, 5) is 7.71. The highest BCUT2D eigenvalue weighted by Gasteiger charge is 2.42. The summed E-state index contributed by atoms with van der Waals surface area (Å²) >= 11 is 0. The second-order valence-corrected chi connectivity index (χ2v) is 19.6. The van der Waals surface area contributed by atoms with Gasteiger partial charge >= 0.3 is 24.7 Å². The lowest BCUT2D eigenvalue weighted by atomic mass is 10.0. The van der Waals surface area contributed by atoms with Gasteiger partial charge in [0, 0.05) is 39.3 Å². The van der Waals surface area contributed by atoms with Crippen LogP contribution < -0.4 is 0 Å². The third-order valence-corrected chi connectivity index (χ3v) is 12.9. The van der Waals surface area contributed by atoms with Crippen molar-refractivity contribution in [1.29, 1.82) is 0 Å². The van der Waals surface area contributed by atoms with Gasteiger partial charge in [-0.05, 0) is 125 Å². The normalized spacial score (nSPS) is 19.8. The van der Waals surface area contributed by atoms with Crippen LogP contribution in [0.25, 0.3) is 0 Å². The van der Waals surface area contributed by atoms with Gasteiger partial charge in [0.1, 0.15) is 34.4 Å². The van der Waals surface area contributed by atoms with E-state index in [1.807, 2.05) is 47.8 Å². The van der Waals surface area contributed by atoms with Crippen molar-refractivity contribution < 1.29 is 80.4 Å². The molecule has 6 aromatic rings. The lowest BCUT2D eigenvalue weighted by Crippen LogP contribution is -2.46. The zero-order chi connectivity index (χ0) is 58.5. The predicted octanol–water partition coefficient (Wildman–Crippen LogP) is 11.4. The molecule has 2 N–H and O–H groups in total. The number of hydrogen-bond donors (Lipinski definition) is 2. The number of aromatic nitrogens is 6. The first-order valence-corrected chi connectivity index (χ1v) is 24.6. The molecule has 28 heteroatoms. The topological polar surface area (TPSA) is 133 Å². The first kappa shape index (κ1) is 61.5. The maximum atomic E-state index is 13.7. The van der Waals surface area contributed by atoms with Crippen molar-refractivity contribution in [1.82, 2.24) is 50.4 Å². The molecule has 0 amide bonds. The molecule has 2 fully saturated rings. The van der Waals surface area contributed by atoms with E-state index in [-0.39, 0.29) is 49.6 Å². The van der Waals surface area contributed by atoms with Crippen LogP contribution in [0.15, 0.2) is 84.9 Å². The van der Waals surface area contributed by atoms with Crippen LogP contribution in [0.5, 0.6) is 0 Å². The van der Waals surface area contributed by atoms with Crippen molar-refractivity contribution in [2.24, 2.45) is 0 Å². The van der Waals surface area contributed by atoms with Gasteiger partial charge in [-0.1, -0.05) is 24.3 Å². The molecule has 436 valence electrons. The highest BCUT2D eigenvalue weighted by Crippen LogP contribution is 2.42. The molecule has 2 saturated heterocycles. The fourth-order valence-corrected chi connectivity index (χ4v) is 9.04. The van der Waals surface area contributed by atoms with Crippen molar-refractivity contribution in [3.63, 3.8) is 0 Å². The highest BCUT2D eigenvalue weighted by atomic mass is 19.4. The Bertz CT molecular complexity index is 2690. The number of hydrogen-bond acceptors (Lipinski definition) is 12. The largest absolute Gasteiger partial charge is 0.416 e. The number of benzene rings is 4. The minimum atomic E-state index is -4.99. The zero-order valence-corrected chi connectivity index (χ0v) is 43.7. The fourth-order valence-electron chi connectivity index (χ4n) is 9.04. The first-order valence-electron chi connectivity index (χ1n) is 24.6. The molecule has 4 aromatic carbocycles. The Morgan fingerprint density at radius 3 is 1.09 bits per heavy atom. The maximum absolute atomic E-state index is 13.7. The molecule has 14 nitrogen and oxygen atoms in total. The molecule has 0 spiro atoms. The summed E-state index contributed by atoms with van der Waals surface area (Å²) in [6.07, 6.45) is -24.6. The van der Waals surface area contributed by atoms with Gasteiger partial charge in [-0.3, -0.25) is 9.80 Å². The minimum Gasteiger partial charge on any atom is -0.349 e. The Balaban J connectivity index is 0.000000231. The number of morpholine rings is 2. The average molecular weight is 1150 g/mol. The quantitative estimate of drug-likeness (QED) is 0.0894. The summed E-state index contributed by atoms with van der Waals surface area (Å²) in [5.74, 6) is -0.961. The van der Waals surface area contributed by atoms with Crippen LogP contribution >= 0.6 is 0 Å². The van der Waals surface area contributed by atoms with Crippen LogP contribution in [0, 0.1) is 11.6 Å². The molecule has 0 unspecified atom stereocenters. The Morgan fingerprint density at radius 2 is 0.800 bits per heavy atom. The van der Waals surface area contributed by atoms with Crippen LogP contribution in [0.2, 0.25) is 0 Å². The summed E-state index contributed by atoms with van der Waals surface area (Å²) in [5.41, 5.74) is -2.54. The van der Waals surface area contributed by atoms with Crippen LogP contribution in [-0.4, -0.2) is 117 Å². The molecule has 0 bridgehead atoms. The van der Waals surface area contributed by atoms with E-state index >= 15 is 0 Å². The number of nitrogens with one attached hydrogen (secondary N) is 2.